The van der Waals surface area contributed by atoms with Gasteiger partial charge in [0.15, 0.2) is 0 Å². The highest BCUT2D eigenvalue weighted by atomic mass is 16.4. The Morgan fingerprint density at radius 1 is 1.09 bits per heavy atom. The van der Waals surface area contributed by atoms with Crippen LogP contribution in [0.5, 0.6) is 0 Å². The highest BCUT2D eigenvalue weighted by Gasteiger charge is 2.34. The second-order valence-electron chi connectivity index (χ2n) is 9.45. The number of hydrogen-bond donors (Lipinski definition) is 4. The summed E-state index contributed by atoms with van der Waals surface area (Å²) >= 11 is 0. The largest absolute Gasteiger partial charge is 0.480 e. The number of carbonyl (C=O) groups excluding carboxylic acids is 1. The fourth-order valence-corrected chi connectivity index (χ4v) is 5.14. The zero-order valence-corrected chi connectivity index (χ0v) is 19.5. The van der Waals surface area contributed by atoms with Crippen LogP contribution >= 0.6 is 0 Å². The maximum Gasteiger partial charge on any atom is 0.323 e. The van der Waals surface area contributed by atoms with E-state index in [0.29, 0.717) is 25.2 Å². The molecule has 182 valence electrons. The third-order valence-corrected chi connectivity index (χ3v) is 6.99. The van der Waals surface area contributed by atoms with Crippen LogP contribution in [0, 0.1) is 5.92 Å². The van der Waals surface area contributed by atoms with Gasteiger partial charge in [-0.1, -0.05) is 43.5 Å². The summed E-state index contributed by atoms with van der Waals surface area (Å²) in [5.74, 6) is -1.70. The molecule has 8 nitrogen and oxygen atoms in total. The zero-order chi connectivity index (χ0) is 23.8. The van der Waals surface area contributed by atoms with E-state index in [0.717, 1.165) is 43.5 Å². The molecule has 0 saturated carbocycles. The van der Waals surface area contributed by atoms with Gasteiger partial charge in [0.2, 0.25) is 5.91 Å². The first-order chi connectivity index (χ1) is 15.8. The number of rotatable bonds is 12. The van der Waals surface area contributed by atoms with Crippen molar-refractivity contribution >= 4 is 17.8 Å². The number of hydrogen-bond acceptors (Lipinski definition) is 5. The van der Waals surface area contributed by atoms with Crippen LogP contribution in [0.15, 0.2) is 24.3 Å². The average Bonchev–Trinajstić information content (AvgIpc) is 3.23. The standard InChI is InChI=1S/C25H37N3O5/c1-17(27-22(25(32)33)9-5-2-6-18-10-12-26-13-11-18)24(31)28(16-23(29)30)21-14-19-7-3-4-8-20(19)15-21/h3-4,7-8,17-18,21-22,26-27H,2,5-6,9-16H2,1H3,(H,29,30)(H,32,33)/t17-,22?/m0/s1. The van der Waals surface area contributed by atoms with E-state index in [4.69, 9.17) is 0 Å². The van der Waals surface area contributed by atoms with Crippen LogP contribution in [0.3, 0.4) is 0 Å². The number of benzene rings is 1. The lowest BCUT2D eigenvalue weighted by Crippen LogP contribution is -2.54. The normalized spacial score (nSPS) is 18.5. The molecule has 1 saturated heterocycles. The predicted molar refractivity (Wildman–Crippen MR) is 125 cm³/mol. The van der Waals surface area contributed by atoms with Crippen LogP contribution in [0.2, 0.25) is 0 Å². The Kier molecular flexibility index (Phi) is 9.26. The van der Waals surface area contributed by atoms with Crippen molar-refractivity contribution in [3.63, 3.8) is 0 Å². The minimum absolute atomic E-state index is 0.233. The van der Waals surface area contributed by atoms with E-state index in [9.17, 15) is 24.6 Å². The second-order valence-corrected chi connectivity index (χ2v) is 9.45. The van der Waals surface area contributed by atoms with E-state index in [1.54, 1.807) is 6.92 Å². The Morgan fingerprint density at radius 3 is 2.30 bits per heavy atom. The van der Waals surface area contributed by atoms with Gasteiger partial charge < -0.3 is 20.4 Å². The fraction of sp³-hybridized carbons (Fsp3) is 0.640. The first-order valence-corrected chi connectivity index (χ1v) is 12.1. The molecular formula is C25H37N3O5. The van der Waals surface area contributed by atoms with E-state index >= 15 is 0 Å². The van der Waals surface area contributed by atoms with E-state index in [1.807, 2.05) is 24.3 Å². The number of carboxylic acid groups (broad SMARTS) is 2. The van der Waals surface area contributed by atoms with Gasteiger partial charge in [-0.25, -0.2) is 0 Å². The molecule has 1 unspecified atom stereocenters. The van der Waals surface area contributed by atoms with Crippen LogP contribution in [0.4, 0.5) is 0 Å². The average molecular weight is 460 g/mol. The van der Waals surface area contributed by atoms with Crippen molar-refractivity contribution in [1.29, 1.82) is 0 Å². The lowest BCUT2D eigenvalue weighted by atomic mass is 9.92. The van der Waals surface area contributed by atoms with Gasteiger partial charge in [0.05, 0.1) is 6.04 Å². The molecule has 8 heteroatoms. The van der Waals surface area contributed by atoms with E-state index in [-0.39, 0.29) is 11.9 Å². The topological polar surface area (TPSA) is 119 Å². The highest BCUT2D eigenvalue weighted by Crippen LogP contribution is 2.26. The summed E-state index contributed by atoms with van der Waals surface area (Å²) in [6.45, 7) is 3.35. The number of carbonyl (C=O) groups is 3. The van der Waals surface area contributed by atoms with Crippen LogP contribution in [0.25, 0.3) is 0 Å². The van der Waals surface area contributed by atoms with Crippen molar-refractivity contribution in [3.05, 3.63) is 35.4 Å². The number of nitrogens with one attached hydrogen (secondary N) is 2. The molecule has 2 aliphatic rings. The minimum Gasteiger partial charge on any atom is -0.480 e. The van der Waals surface area contributed by atoms with E-state index in [2.05, 4.69) is 10.6 Å². The number of carboxylic acids is 2. The summed E-state index contributed by atoms with van der Waals surface area (Å²) in [4.78, 5) is 37.9. The van der Waals surface area contributed by atoms with Gasteiger partial charge in [-0.15, -0.1) is 0 Å². The molecule has 1 heterocycles. The molecule has 33 heavy (non-hydrogen) atoms. The molecule has 0 aromatic heterocycles. The van der Waals surface area contributed by atoms with Crippen LogP contribution in [-0.2, 0) is 27.2 Å². The number of piperidine rings is 1. The molecule has 1 amide bonds. The van der Waals surface area contributed by atoms with Crippen molar-refractivity contribution in [1.82, 2.24) is 15.5 Å². The van der Waals surface area contributed by atoms with Gasteiger partial charge >= 0.3 is 11.9 Å². The molecule has 0 spiro atoms. The molecule has 0 radical (unpaired) electrons. The molecule has 1 aliphatic heterocycles. The molecular weight excluding hydrogens is 422 g/mol. The van der Waals surface area contributed by atoms with Crippen molar-refractivity contribution in [2.24, 2.45) is 5.92 Å². The quantitative estimate of drug-likeness (QED) is 0.353. The summed E-state index contributed by atoms with van der Waals surface area (Å²) in [6, 6.07) is 6.05. The Bertz CT molecular complexity index is 799. The Morgan fingerprint density at radius 2 is 1.73 bits per heavy atom. The van der Waals surface area contributed by atoms with Gasteiger partial charge in [-0.05, 0) is 69.2 Å². The first kappa shape index (κ1) is 25.2. The molecule has 0 bridgehead atoms. The first-order valence-electron chi connectivity index (χ1n) is 12.1. The molecule has 1 aromatic carbocycles. The monoisotopic (exact) mass is 459 g/mol. The summed E-state index contributed by atoms with van der Waals surface area (Å²) in [7, 11) is 0. The van der Waals surface area contributed by atoms with Gasteiger partial charge in [0, 0.05) is 6.04 Å². The number of amides is 1. The summed E-state index contributed by atoms with van der Waals surface area (Å²) < 4.78 is 0. The third-order valence-electron chi connectivity index (χ3n) is 6.99. The minimum atomic E-state index is -1.07. The zero-order valence-electron chi connectivity index (χ0n) is 19.5. The molecule has 2 atom stereocenters. The Labute approximate surface area is 195 Å². The van der Waals surface area contributed by atoms with Gasteiger partial charge in [0.1, 0.15) is 12.6 Å². The van der Waals surface area contributed by atoms with Gasteiger partial charge in [-0.3, -0.25) is 19.7 Å². The van der Waals surface area contributed by atoms with Crippen LogP contribution in [0.1, 0.15) is 56.6 Å². The van der Waals surface area contributed by atoms with Crippen molar-refractivity contribution < 1.29 is 24.6 Å². The van der Waals surface area contributed by atoms with Gasteiger partial charge in [0.25, 0.3) is 0 Å². The van der Waals surface area contributed by atoms with Crippen molar-refractivity contribution in [2.45, 2.75) is 76.4 Å². The summed E-state index contributed by atoms with van der Waals surface area (Å²) in [6.07, 6.45) is 6.90. The lowest BCUT2D eigenvalue weighted by molar-refractivity contribution is -0.148. The van der Waals surface area contributed by atoms with Crippen LogP contribution in [-0.4, -0.2) is 70.7 Å². The third kappa shape index (κ3) is 7.27. The van der Waals surface area contributed by atoms with E-state index < -0.39 is 30.6 Å². The fourth-order valence-electron chi connectivity index (χ4n) is 5.14. The summed E-state index contributed by atoms with van der Waals surface area (Å²) in [5.41, 5.74) is 2.26. The molecule has 1 aromatic rings. The van der Waals surface area contributed by atoms with Crippen molar-refractivity contribution in [2.75, 3.05) is 19.6 Å². The SMILES string of the molecule is C[C@H](NC(CCCCC1CCNCC1)C(=O)O)C(=O)N(CC(=O)O)C1Cc2ccccc2C1. The predicted octanol–water partition coefficient (Wildman–Crippen LogP) is 2.06. The van der Waals surface area contributed by atoms with E-state index in [1.165, 1.54) is 17.7 Å². The van der Waals surface area contributed by atoms with Gasteiger partial charge in [-0.2, -0.15) is 0 Å². The second kappa shape index (κ2) is 12.1. The molecule has 1 aliphatic carbocycles. The number of unbranched alkanes of at least 4 members (excludes halogenated alkanes) is 1. The Hall–Kier alpha value is -2.45. The highest BCUT2D eigenvalue weighted by molar-refractivity contribution is 5.86. The maximum atomic E-state index is 13.2. The van der Waals surface area contributed by atoms with Crippen molar-refractivity contribution in [3.8, 4) is 0 Å². The summed E-state index contributed by atoms with van der Waals surface area (Å²) in [5, 5.41) is 25.4. The smallest absolute Gasteiger partial charge is 0.323 e. The number of fused-ring (bicyclic) bond motifs is 1. The maximum absolute atomic E-state index is 13.2. The number of aliphatic carboxylic acids is 2. The molecule has 3 rings (SSSR count). The van der Waals surface area contributed by atoms with Crippen LogP contribution < -0.4 is 10.6 Å². The Balaban J connectivity index is 1.54. The molecule has 1 fully saturated rings. The lowest BCUT2D eigenvalue weighted by Gasteiger charge is -2.31. The number of nitrogens with zero attached hydrogens (tertiary/aromatic N) is 1. The molecule has 4 N–H and O–H groups in total.